The molecule has 1 fully saturated rings. The maximum absolute atomic E-state index is 15.7. The van der Waals surface area contributed by atoms with Gasteiger partial charge in [0.1, 0.15) is 6.67 Å². The number of carbonyl (C=O) groups is 2. The molecule has 1 saturated heterocycles. The van der Waals surface area contributed by atoms with Gasteiger partial charge in [-0.25, -0.2) is 4.39 Å². The Morgan fingerprint density at radius 3 is 2.44 bits per heavy atom. The van der Waals surface area contributed by atoms with Gasteiger partial charge >= 0.3 is 5.97 Å². The van der Waals surface area contributed by atoms with Gasteiger partial charge in [-0.2, -0.15) is 20.5 Å². The number of carbonyl (C=O) groups excluding carboxylic acids is 1. The van der Waals surface area contributed by atoms with Crippen LogP contribution in [0.4, 0.5) is 24.5 Å². The first-order chi connectivity index (χ1) is 21.7. The Balaban J connectivity index is 1.46. The molecule has 3 aromatic carbocycles. The molecule has 0 radical (unpaired) electrons. The second kappa shape index (κ2) is 14.6. The van der Waals surface area contributed by atoms with Crippen LogP contribution in [0.5, 0.6) is 0 Å². The average molecular weight is 634 g/mol. The van der Waals surface area contributed by atoms with Crippen molar-refractivity contribution in [2.45, 2.75) is 44.0 Å². The Morgan fingerprint density at radius 1 is 0.911 bits per heavy atom. The summed E-state index contributed by atoms with van der Waals surface area (Å²) < 4.78 is 44.7. The quantitative estimate of drug-likeness (QED) is 0.153. The molecular weight excluding hydrogens is 599 g/mol. The van der Waals surface area contributed by atoms with Gasteiger partial charge in [-0.05, 0) is 78.9 Å². The zero-order chi connectivity index (χ0) is 31.8. The third-order valence-corrected chi connectivity index (χ3v) is 8.76. The van der Waals surface area contributed by atoms with Crippen LogP contribution in [0.15, 0.2) is 85.1 Å². The van der Waals surface area contributed by atoms with Gasteiger partial charge in [-0.3, -0.25) is 14.6 Å². The van der Waals surface area contributed by atoms with E-state index < -0.39 is 18.6 Å². The maximum atomic E-state index is 15.7. The highest BCUT2D eigenvalue weighted by Gasteiger charge is 2.35. The molecule has 1 amide bonds. The first-order valence-electron chi connectivity index (χ1n) is 14.8. The van der Waals surface area contributed by atoms with Crippen LogP contribution in [-0.4, -0.2) is 40.8 Å². The van der Waals surface area contributed by atoms with Crippen molar-refractivity contribution in [3.63, 3.8) is 0 Å². The minimum atomic E-state index is -3.40. The number of alkyl halides is 3. The van der Waals surface area contributed by atoms with Gasteiger partial charge in [-0.1, -0.05) is 30.3 Å². The summed E-state index contributed by atoms with van der Waals surface area (Å²) in [6.45, 7) is 0.905. The third kappa shape index (κ3) is 8.05. The number of nitrogens with one attached hydrogen (secondary N) is 1. The lowest BCUT2D eigenvalue weighted by atomic mass is 9.97. The normalized spacial score (nSPS) is 13.4. The summed E-state index contributed by atoms with van der Waals surface area (Å²) in [4.78, 5) is 30.9. The number of rotatable bonds is 12. The molecular formula is C35H34F3N3O3S. The summed E-state index contributed by atoms with van der Waals surface area (Å²) in [5, 5.41) is 11.8. The van der Waals surface area contributed by atoms with Crippen LogP contribution in [0.25, 0.3) is 11.3 Å². The van der Waals surface area contributed by atoms with Crippen molar-refractivity contribution < 1.29 is 27.9 Å². The maximum Gasteiger partial charge on any atom is 0.304 e. The van der Waals surface area contributed by atoms with Crippen LogP contribution in [0.1, 0.15) is 58.3 Å². The Kier molecular flexibility index (Phi) is 10.4. The third-order valence-electron chi connectivity index (χ3n) is 7.73. The zero-order valence-corrected chi connectivity index (χ0v) is 25.5. The van der Waals surface area contributed by atoms with Crippen molar-refractivity contribution in [3.8, 4) is 11.3 Å². The van der Waals surface area contributed by atoms with E-state index in [-0.39, 0.29) is 34.7 Å². The number of benzene rings is 3. The van der Waals surface area contributed by atoms with E-state index in [1.54, 1.807) is 24.3 Å². The molecule has 0 atom stereocenters. The van der Waals surface area contributed by atoms with Crippen molar-refractivity contribution in [2.75, 3.05) is 29.1 Å². The first kappa shape index (κ1) is 32.1. The predicted octanol–water partition coefficient (Wildman–Crippen LogP) is 8.31. The van der Waals surface area contributed by atoms with E-state index >= 15 is 8.78 Å². The molecule has 6 nitrogen and oxygen atoms in total. The topological polar surface area (TPSA) is 82.5 Å². The predicted molar refractivity (Wildman–Crippen MR) is 173 cm³/mol. The Bertz CT molecular complexity index is 1660. The summed E-state index contributed by atoms with van der Waals surface area (Å²) in [7, 11) is 0. The fourth-order valence-electron chi connectivity index (χ4n) is 5.34. The number of aromatic nitrogens is 1. The number of pyridine rings is 1. The molecule has 0 aliphatic carbocycles. The van der Waals surface area contributed by atoms with Gasteiger partial charge in [-0.15, -0.1) is 0 Å². The van der Waals surface area contributed by atoms with Crippen molar-refractivity contribution in [2.24, 2.45) is 0 Å². The highest BCUT2D eigenvalue weighted by Crippen LogP contribution is 2.39. The molecule has 2 N–H and O–H groups in total. The average Bonchev–Trinajstić information content (AvgIpc) is 3.07. The number of carboxylic acid groups (broad SMARTS) is 1. The van der Waals surface area contributed by atoms with Crippen molar-refractivity contribution in [1.29, 1.82) is 0 Å². The van der Waals surface area contributed by atoms with E-state index in [2.05, 4.69) is 15.2 Å². The molecule has 1 aliphatic rings. The molecule has 0 bridgehead atoms. The molecule has 234 valence electrons. The van der Waals surface area contributed by atoms with Crippen molar-refractivity contribution >= 4 is 35.0 Å². The number of carboxylic acids is 1. The molecule has 1 aliphatic heterocycles. The minimum Gasteiger partial charge on any atom is -0.481 e. The van der Waals surface area contributed by atoms with Crippen LogP contribution >= 0.6 is 11.8 Å². The van der Waals surface area contributed by atoms with E-state index in [1.807, 2.05) is 18.2 Å². The lowest BCUT2D eigenvalue weighted by Crippen LogP contribution is -2.29. The number of aliphatic carboxylic acids is 1. The smallest absolute Gasteiger partial charge is 0.304 e. The minimum absolute atomic E-state index is 0.0617. The number of halogens is 3. The van der Waals surface area contributed by atoms with Gasteiger partial charge in [0.25, 0.3) is 11.8 Å². The number of thioether (sulfide) groups is 1. The molecule has 0 spiro atoms. The SMILES string of the molecule is O=C(O)CCSCc1cccc(C(=O)Nc2ccc(N3CCCCC3)cc2-c2cc(C(F)(F)c3cccc(CF)c3)ccn2)c1. The van der Waals surface area contributed by atoms with Crippen LogP contribution in [0, 0.1) is 0 Å². The Labute approximate surface area is 264 Å². The molecule has 1 aromatic heterocycles. The van der Waals surface area contributed by atoms with E-state index in [0.717, 1.165) is 43.6 Å². The summed E-state index contributed by atoms with van der Waals surface area (Å²) in [6, 6.07) is 20.6. The van der Waals surface area contributed by atoms with Crippen molar-refractivity contribution in [1.82, 2.24) is 4.98 Å². The van der Waals surface area contributed by atoms with Gasteiger partial charge in [0.2, 0.25) is 0 Å². The largest absolute Gasteiger partial charge is 0.481 e. The van der Waals surface area contributed by atoms with E-state index in [1.165, 1.54) is 54.4 Å². The molecule has 4 aromatic rings. The lowest BCUT2D eigenvalue weighted by Gasteiger charge is -2.29. The zero-order valence-electron chi connectivity index (χ0n) is 24.6. The fourth-order valence-corrected chi connectivity index (χ4v) is 6.22. The van der Waals surface area contributed by atoms with E-state index in [0.29, 0.717) is 28.3 Å². The number of hydrogen-bond acceptors (Lipinski definition) is 5. The standard InChI is InChI=1S/C35H34F3N3O3S/c36-22-24-6-5-9-27(19-24)35(37,38)28-12-14-39-32(20-28)30-21-29(41-15-2-1-3-16-41)10-11-31(30)40-34(44)26-8-4-7-25(18-26)23-45-17-13-33(42)43/h4-12,14,18-21H,1-3,13,15-17,22-23H2,(H,40,44)(H,42,43). The van der Waals surface area contributed by atoms with Gasteiger partial charge < -0.3 is 15.3 Å². The Morgan fingerprint density at radius 2 is 1.67 bits per heavy atom. The summed E-state index contributed by atoms with van der Waals surface area (Å²) in [6.07, 6.45) is 4.64. The highest BCUT2D eigenvalue weighted by molar-refractivity contribution is 7.98. The van der Waals surface area contributed by atoms with Crippen molar-refractivity contribution in [3.05, 3.63) is 113 Å². The summed E-state index contributed by atoms with van der Waals surface area (Å²) in [5.74, 6) is -3.61. The number of amides is 1. The molecule has 10 heteroatoms. The molecule has 5 rings (SSSR count). The first-order valence-corrected chi connectivity index (χ1v) is 16.0. The molecule has 0 saturated carbocycles. The van der Waals surface area contributed by atoms with Crippen LogP contribution in [0.3, 0.4) is 0 Å². The molecule has 45 heavy (non-hydrogen) atoms. The highest BCUT2D eigenvalue weighted by atomic mass is 32.2. The van der Waals surface area contributed by atoms with Crippen LogP contribution in [0.2, 0.25) is 0 Å². The monoisotopic (exact) mass is 633 g/mol. The Hall–Kier alpha value is -4.31. The van der Waals surface area contributed by atoms with Gasteiger partial charge in [0.05, 0.1) is 17.8 Å². The number of nitrogens with zero attached hydrogens (tertiary/aromatic N) is 2. The number of hydrogen-bond donors (Lipinski definition) is 2. The molecule has 2 heterocycles. The summed E-state index contributed by atoms with van der Waals surface area (Å²) >= 11 is 1.47. The van der Waals surface area contributed by atoms with Crippen LogP contribution in [-0.2, 0) is 23.1 Å². The number of anilines is 2. The summed E-state index contributed by atoms with van der Waals surface area (Å²) in [5.41, 5.74) is 2.97. The molecule has 0 unspecified atom stereocenters. The van der Waals surface area contributed by atoms with Crippen LogP contribution < -0.4 is 10.2 Å². The van der Waals surface area contributed by atoms with E-state index in [9.17, 15) is 14.0 Å². The van der Waals surface area contributed by atoms with E-state index in [4.69, 9.17) is 5.11 Å². The van der Waals surface area contributed by atoms with Gasteiger partial charge in [0.15, 0.2) is 0 Å². The number of piperidine rings is 1. The fraction of sp³-hybridized carbons (Fsp3) is 0.286. The van der Waals surface area contributed by atoms with Gasteiger partial charge in [0, 0.05) is 58.7 Å². The second-order valence-corrected chi connectivity index (χ2v) is 12.1. The lowest BCUT2D eigenvalue weighted by molar-refractivity contribution is -0.136. The second-order valence-electron chi connectivity index (χ2n) is 11.0.